The van der Waals surface area contributed by atoms with Gasteiger partial charge in [0.25, 0.3) is 11.6 Å². The van der Waals surface area contributed by atoms with Crippen molar-refractivity contribution < 1.29 is 13.8 Å². The molecule has 27 heavy (non-hydrogen) atoms. The van der Waals surface area contributed by atoms with Crippen molar-refractivity contribution in [1.82, 2.24) is 19.9 Å². The lowest BCUT2D eigenvalue weighted by atomic mass is 10.1. The Morgan fingerprint density at radius 3 is 2.70 bits per heavy atom. The highest BCUT2D eigenvalue weighted by Gasteiger charge is 2.12. The molecule has 9 heteroatoms. The molecular weight excluding hydrogens is 353 g/mol. The SMILES string of the molecule is O=[N+]([O-])c1cccc(-c2cnn(Cc3noc(-c4ccc(F)cc4)n3)c2)c1. The van der Waals surface area contributed by atoms with Gasteiger partial charge in [0.2, 0.25) is 0 Å². The Balaban J connectivity index is 1.52. The molecule has 0 saturated carbocycles. The van der Waals surface area contributed by atoms with E-state index in [1.54, 1.807) is 41.3 Å². The van der Waals surface area contributed by atoms with Gasteiger partial charge in [-0.3, -0.25) is 14.8 Å². The maximum absolute atomic E-state index is 13.0. The first-order valence-corrected chi connectivity index (χ1v) is 7.94. The van der Waals surface area contributed by atoms with Crippen LogP contribution in [0.25, 0.3) is 22.6 Å². The van der Waals surface area contributed by atoms with E-state index in [-0.39, 0.29) is 23.9 Å². The van der Waals surface area contributed by atoms with E-state index >= 15 is 0 Å². The predicted molar refractivity (Wildman–Crippen MR) is 93.1 cm³/mol. The number of nitro benzene ring substituents is 1. The molecule has 2 heterocycles. The Morgan fingerprint density at radius 2 is 1.93 bits per heavy atom. The topological polar surface area (TPSA) is 99.9 Å². The summed E-state index contributed by atoms with van der Waals surface area (Å²) in [6, 6.07) is 12.1. The second-order valence-corrected chi connectivity index (χ2v) is 5.76. The van der Waals surface area contributed by atoms with Gasteiger partial charge < -0.3 is 4.52 Å². The molecule has 0 aliphatic carbocycles. The molecule has 2 aromatic heterocycles. The van der Waals surface area contributed by atoms with Crippen molar-refractivity contribution in [3.05, 3.63) is 82.7 Å². The highest BCUT2D eigenvalue weighted by Crippen LogP contribution is 2.23. The van der Waals surface area contributed by atoms with Gasteiger partial charge in [-0.25, -0.2) is 4.39 Å². The lowest BCUT2D eigenvalue weighted by Crippen LogP contribution is -2.01. The number of nitrogens with zero attached hydrogens (tertiary/aromatic N) is 5. The quantitative estimate of drug-likeness (QED) is 0.395. The minimum absolute atomic E-state index is 0.0161. The zero-order valence-electron chi connectivity index (χ0n) is 13.8. The predicted octanol–water partition coefficient (Wildman–Crippen LogP) is 3.70. The summed E-state index contributed by atoms with van der Waals surface area (Å²) in [5, 5.41) is 19.0. The van der Waals surface area contributed by atoms with Crippen LogP contribution < -0.4 is 0 Å². The van der Waals surface area contributed by atoms with Gasteiger partial charge in [-0.1, -0.05) is 17.3 Å². The van der Waals surface area contributed by atoms with Crippen molar-refractivity contribution in [2.45, 2.75) is 6.54 Å². The van der Waals surface area contributed by atoms with E-state index < -0.39 is 4.92 Å². The minimum atomic E-state index is -0.440. The van der Waals surface area contributed by atoms with Crippen LogP contribution in [0.15, 0.2) is 65.4 Å². The molecule has 0 saturated heterocycles. The second kappa shape index (κ2) is 6.79. The standard InChI is InChI=1S/C18H12FN5O3/c19-15-6-4-12(5-7-15)18-21-17(22-27-18)11-23-10-14(9-20-23)13-2-1-3-16(8-13)24(25)26/h1-10H,11H2. The second-order valence-electron chi connectivity index (χ2n) is 5.76. The van der Waals surface area contributed by atoms with Gasteiger partial charge in [-0.05, 0) is 29.8 Å². The first-order chi connectivity index (χ1) is 13.1. The molecule has 134 valence electrons. The van der Waals surface area contributed by atoms with E-state index in [9.17, 15) is 14.5 Å². The van der Waals surface area contributed by atoms with Gasteiger partial charge in [-0.2, -0.15) is 10.1 Å². The average Bonchev–Trinajstić information content (AvgIpc) is 3.33. The van der Waals surface area contributed by atoms with Crippen molar-refractivity contribution in [2.24, 2.45) is 0 Å². The number of rotatable bonds is 5. The van der Waals surface area contributed by atoms with E-state index in [0.717, 1.165) is 5.56 Å². The van der Waals surface area contributed by atoms with E-state index in [0.29, 0.717) is 17.0 Å². The first-order valence-electron chi connectivity index (χ1n) is 7.94. The monoisotopic (exact) mass is 365 g/mol. The maximum Gasteiger partial charge on any atom is 0.270 e. The van der Waals surface area contributed by atoms with E-state index in [1.165, 1.54) is 24.3 Å². The highest BCUT2D eigenvalue weighted by molar-refractivity contribution is 5.64. The molecule has 0 spiro atoms. The normalized spacial score (nSPS) is 10.9. The van der Waals surface area contributed by atoms with Crippen LogP contribution in [0, 0.1) is 15.9 Å². The van der Waals surface area contributed by atoms with Gasteiger partial charge in [-0.15, -0.1) is 0 Å². The van der Waals surface area contributed by atoms with E-state index in [1.807, 2.05) is 0 Å². The van der Waals surface area contributed by atoms with Crippen molar-refractivity contribution in [3.8, 4) is 22.6 Å². The molecule has 2 aromatic carbocycles. The summed E-state index contributed by atoms with van der Waals surface area (Å²) in [6.07, 6.45) is 3.35. The number of benzene rings is 2. The third-order valence-corrected chi connectivity index (χ3v) is 3.89. The highest BCUT2D eigenvalue weighted by atomic mass is 19.1. The van der Waals surface area contributed by atoms with Crippen LogP contribution >= 0.6 is 0 Å². The van der Waals surface area contributed by atoms with Crippen LogP contribution in [-0.2, 0) is 6.54 Å². The largest absolute Gasteiger partial charge is 0.334 e. The summed E-state index contributed by atoms with van der Waals surface area (Å²) < 4.78 is 19.8. The van der Waals surface area contributed by atoms with Crippen LogP contribution in [0.5, 0.6) is 0 Å². The Labute approximate surface area is 152 Å². The lowest BCUT2D eigenvalue weighted by molar-refractivity contribution is -0.384. The molecule has 0 fully saturated rings. The molecule has 0 radical (unpaired) electrons. The third-order valence-electron chi connectivity index (χ3n) is 3.89. The summed E-state index contributed by atoms with van der Waals surface area (Å²) in [6.45, 7) is 0.264. The Morgan fingerprint density at radius 1 is 1.11 bits per heavy atom. The third kappa shape index (κ3) is 3.56. The molecule has 0 atom stereocenters. The fourth-order valence-corrected chi connectivity index (χ4v) is 2.57. The Kier molecular flexibility index (Phi) is 4.17. The van der Waals surface area contributed by atoms with E-state index in [4.69, 9.17) is 4.52 Å². The smallest absolute Gasteiger partial charge is 0.270 e. The van der Waals surface area contributed by atoms with Gasteiger partial charge in [0.05, 0.1) is 11.1 Å². The maximum atomic E-state index is 13.0. The fourth-order valence-electron chi connectivity index (χ4n) is 2.57. The fraction of sp³-hybridized carbons (Fsp3) is 0.0556. The molecular formula is C18H12FN5O3. The lowest BCUT2D eigenvalue weighted by Gasteiger charge is -1.97. The van der Waals surface area contributed by atoms with Gasteiger partial charge in [0, 0.05) is 29.5 Å². The molecule has 0 bridgehead atoms. The van der Waals surface area contributed by atoms with Crippen LogP contribution in [0.2, 0.25) is 0 Å². The Hall–Kier alpha value is -3.88. The number of halogens is 1. The molecule has 0 amide bonds. The molecule has 4 rings (SSSR count). The summed E-state index contributed by atoms with van der Waals surface area (Å²) >= 11 is 0. The number of aromatic nitrogens is 4. The molecule has 0 N–H and O–H groups in total. The molecule has 0 unspecified atom stereocenters. The van der Waals surface area contributed by atoms with Crippen molar-refractivity contribution in [1.29, 1.82) is 0 Å². The van der Waals surface area contributed by atoms with E-state index in [2.05, 4.69) is 15.2 Å². The van der Waals surface area contributed by atoms with Crippen molar-refractivity contribution in [2.75, 3.05) is 0 Å². The zero-order chi connectivity index (χ0) is 18.8. The van der Waals surface area contributed by atoms with Gasteiger partial charge in [0.15, 0.2) is 5.82 Å². The van der Waals surface area contributed by atoms with Crippen molar-refractivity contribution >= 4 is 5.69 Å². The summed E-state index contributed by atoms with van der Waals surface area (Å²) in [5.41, 5.74) is 2.06. The molecule has 0 aliphatic rings. The van der Waals surface area contributed by atoms with Crippen molar-refractivity contribution in [3.63, 3.8) is 0 Å². The van der Waals surface area contributed by atoms with Crippen LogP contribution in [0.4, 0.5) is 10.1 Å². The van der Waals surface area contributed by atoms with Crippen LogP contribution in [0.3, 0.4) is 0 Å². The molecule has 0 aliphatic heterocycles. The summed E-state index contributed by atoms with van der Waals surface area (Å²) in [7, 11) is 0. The number of hydrogen-bond donors (Lipinski definition) is 0. The summed E-state index contributed by atoms with van der Waals surface area (Å²) in [4.78, 5) is 14.7. The first kappa shape index (κ1) is 16.6. The van der Waals surface area contributed by atoms with Gasteiger partial charge >= 0.3 is 0 Å². The number of non-ortho nitro benzene ring substituents is 1. The molecule has 4 aromatic rings. The van der Waals surface area contributed by atoms with Gasteiger partial charge in [0.1, 0.15) is 12.4 Å². The van der Waals surface area contributed by atoms with Crippen LogP contribution in [-0.4, -0.2) is 24.8 Å². The Bertz CT molecular complexity index is 1100. The van der Waals surface area contributed by atoms with Crippen LogP contribution in [0.1, 0.15) is 5.82 Å². The zero-order valence-corrected chi connectivity index (χ0v) is 13.8. The molecule has 8 nitrogen and oxygen atoms in total. The average molecular weight is 365 g/mol. The summed E-state index contributed by atoms with van der Waals surface area (Å²) in [5.74, 6) is 0.350. The minimum Gasteiger partial charge on any atom is -0.334 e. The number of nitro groups is 1. The number of hydrogen-bond acceptors (Lipinski definition) is 6.